The van der Waals surface area contributed by atoms with Gasteiger partial charge in [0.1, 0.15) is 0 Å². The third-order valence-electron chi connectivity index (χ3n) is 3.28. The van der Waals surface area contributed by atoms with Gasteiger partial charge in [0, 0.05) is 17.2 Å². The maximum atomic E-state index is 12.6. The van der Waals surface area contributed by atoms with Gasteiger partial charge in [-0.05, 0) is 35.9 Å². The van der Waals surface area contributed by atoms with Gasteiger partial charge in [-0.3, -0.25) is 19.8 Å². The van der Waals surface area contributed by atoms with Gasteiger partial charge in [-0.15, -0.1) is 0 Å². The fraction of sp³-hybridized carbons (Fsp3) is 0. The summed E-state index contributed by atoms with van der Waals surface area (Å²) in [5.41, 5.74) is 1.30. The van der Waals surface area contributed by atoms with Crippen LogP contribution in [0.5, 0.6) is 0 Å². The second-order valence-corrected chi connectivity index (χ2v) is 6.95. The number of hydrogen-bond donors (Lipinski definition) is 0. The van der Waals surface area contributed by atoms with Crippen molar-refractivity contribution < 1.29 is 9.72 Å². The van der Waals surface area contributed by atoms with E-state index in [1.165, 1.54) is 40.9 Å². The number of thiocarbonyl (C=S) groups is 1. The number of anilines is 1. The van der Waals surface area contributed by atoms with Crippen molar-refractivity contribution in [2.45, 2.75) is 0 Å². The van der Waals surface area contributed by atoms with Gasteiger partial charge in [-0.1, -0.05) is 47.7 Å². The van der Waals surface area contributed by atoms with Gasteiger partial charge >= 0.3 is 0 Å². The summed E-state index contributed by atoms with van der Waals surface area (Å²) < 4.78 is 0.383. The molecular formula is C16H9ClN2O3S2. The number of nitro benzene ring substituents is 1. The van der Waals surface area contributed by atoms with E-state index >= 15 is 0 Å². The summed E-state index contributed by atoms with van der Waals surface area (Å²) in [6, 6.07) is 12.8. The lowest BCUT2D eigenvalue weighted by molar-refractivity contribution is -0.384. The summed E-state index contributed by atoms with van der Waals surface area (Å²) in [5, 5.41) is 11.3. The molecule has 0 spiro atoms. The second-order valence-electron chi connectivity index (χ2n) is 4.84. The number of hydrogen-bond acceptors (Lipinski definition) is 5. The summed E-state index contributed by atoms with van der Waals surface area (Å²) in [6.45, 7) is 0. The molecule has 1 amide bonds. The highest BCUT2D eigenvalue weighted by atomic mass is 35.5. The molecule has 0 saturated carbocycles. The zero-order valence-electron chi connectivity index (χ0n) is 12.0. The number of benzene rings is 2. The molecule has 2 aromatic carbocycles. The van der Waals surface area contributed by atoms with Crippen molar-refractivity contribution in [3.8, 4) is 0 Å². The van der Waals surface area contributed by atoms with Crippen molar-refractivity contribution in [2.24, 2.45) is 0 Å². The lowest BCUT2D eigenvalue weighted by atomic mass is 10.2. The number of halogens is 1. The van der Waals surface area contributed by atoms with Gasteiger partial charge in [0.15, 0.2) is 4.32 Å². The summed E-state index contributed by atoms with van der Waals surface area (Å²) in [7, 11) is 0. The molecule has 120 valence electrons. The van der Waals surface area contributed by atoms with E-state index in [0.717, 1.165) is 5.56 Å². The molecule has 3 rings (SSSR count). The van der Waals surface area contributed by atoms with E-state index in [2.05, 4.69) is 0 Å². The third-order valence-corrected chi connectivity index (χ3v) is 4.83. The molecule has 5 nitrogen and oxygen atoms in total. The monoisotopic (exact) mass is 376 g/mol. The number of carbonyl (C=O) groups is 1. The Labute approximate surface area is 152 Å². The first-order valence-corrected chi connectivity index (χ1v) is 8.34. The van der Waals surface area contributed by atoms with Crippen molar-refractivity contribution in [2.75, 3.05) is 4.90 Å². The minimum Gasteiger partial charge on any atom is -0.268 e. The highest BCUT2D eigenvalue weighted by Gasteiger charge is 2.33. The number of non-ortho nitro benzene ring substituents is 1. The summed E-state index contributed by atoms with van der Waals surface area (Å²) in [5.74, 6) is -0.256. The predicted molar refractivity (Wildman–Crippen MR) is 100 cm³/mol. The van der Waals surface area contributed by atoms with Gasteiger partial charge in [-0.2, -0.15) is 0 Å². The highest BCUT2D eigenvalue weighted by Crippen LogP contribution is 2.36. The zero-order chi connectivity index (χ0) is 17.3. The molecule has 1 fully saturated rings. The Morgan fingerprint density at radius 3 is 2.33 bits per heavy atom. The van der Waals surface area contributed by atoms with Crippen LogP contribution < -0.4 is 4.90 Å². The third kappa shape index (κ3) is 3.33. The first-order chi connectivity index (χ1) is 11.5. The number of amides is 1. The van der Waals surface area contributed by atoms with Crippen molar-refractivity contribution in [1.29, 1.82) is 0 Å². The quantitative estimate of drug-likeness (QED) is 0.337. The Morgan fingerprint density at radius 1 is 1.12 bits per heavy atom. The maximum Gasteiger partial charge on any atom is 0.270 e. The van der Waals surface area contributed by atoms with Crippen LogP contribution >= 0.6 is 35.6 Å². The van der Waals surface area contributed by atoms with Crippen LogP contribution in [0.3, 0.4) is 0 Å². The lowest BCUT2D eigenvalue weighted by Gasteiger charge is -2.13. The molecule has 0 aromatic heterocycles. The molecule has 2 aromatic rings. The van der Waals surface area contributed by atoms with Gasteiger partial charge in [0.2, 0.25) is 0 Å². The topological polar surface area (TPSA) is 63.5 Å². The smallest absolute Gasteiger partial charge is 0.268 e. The molecule has 0 atom stereocenters. The average molecular weight is 377 g/mol. The van der Waals surface area contributed by atoms with Gasteiger partial charge < -0.3 is 0 Å². The standard InChI is InChI=1S/C16H9ClN2O3S2/c17-11-3-1-10(2-4-11)9-14-15(20)18(16(23)24-14)12-5-7-13(8-6-12)19(21)22/h1-9H/b14-9-. The fourth-order valence-corrected chi connectivity index (χ4v) is 3.55. The van der Waals surface area contributed by atoms with Crippen LogP contribution in [0.2, 0.25) is 5.02 Å². The van der Waals surface area contributed by atoms with E-state index in [-0.39, 0.29) is 11.6 Å². The van der Waals surface area contributed by atoms with Crippen LogP contribution in [0.4, 0.5) is 11.4 Å². The molecule has 0 aliphatic carbocycles. The van der Waals surface area contributed by atoms with Crippen LogP contribution in [0, 0.1) is 10.1 Å². The molecule has 0 bridgehead atoms. The van der Waals surface area contributed by atoms with Gasteiger partial charge in [-0.25, -0.2) is 0 Å². The predicted octanol–water partition coefficient (Wildman–Crippen LogP) is 4.65. The molecule has 24 heavy (non-hydrogen) atoms. The Bertz CT molecular complexity index is 864. The molecule has 0 N–H and O–H groups in total. The van der Waals surface area contributed by atoms with Crippen molar-refractivity contribution in [3.63, 3.8) is 0 Å². The van der Waals surface area contributed by atoms with E-state index in [0.29, 0.717) is 19.9 Å². The lowest BCUT2D eigenvalue weighted by Crippen LogP contribution is -2.27. The first kappa shape index (κ1) is 16.6. The first-order valence-electron chi connectivity index (χ1n) is 6.74. The Balaban J connectivity index is 1.88. The number of nitrogens with zero attached hydrogens (tertiary/aromatic N) is 2. The van der Waals surface area contributed by atoms with Crippen LogP contribution in [0.15, 0.2) is 53.4 Å². The second kappa shape index (κ2) is 6.72. The molecule has 8 heteroatoms. The Hall–Kier alpha value is -2.22. The summed E-state index contributed by atoms with van der Waals surface area (Å²) >= 11 is 12.3. The number of nitro groups is 1. The minimum absolute atomic E-state index is 0.0408. The van der Waals surface area contributed by atoms with E-state index < -0.39 is 4.92 Å². The number of carbonyl (C=O) groups excluding carboxylic acids is 1. The van der Waals surface area contributed by atoms with Crippen LogP contribution in [0.25, 0.3) is 6.08 Å². The molecular weight excluding hydrogens is 368 g/mol. The van der Waals surface area contributed by atoms with Crippen LogP contribution in [-0.2, 0) is 4.79 Å². The molecule has 1 aliphatic rings. The zero-order valence-corrected chi connectivity index (χ0v) is 14.4. The molecule has 1 aliphatic heterocycles. The van der Waals surface area contributed by atoms with Crippen LogP contribution in [0.1, 0.15) is 5.56 Å². The van der Waals surface area contributed by atoms with Crippen molar-refractivity contribution in [1.82, 2.24) is 0 Å². The van der Waals surface area contributed by atoms with Gasteiger partial charge in [0.05, 0.1) is 15.5 Å². The minimum atomic E-state index is -0.492. The number of thioether (sulfide) groups is 1. The largest absolute Gasteiger partial charge is 0.270 e. The van der Waals surface area contributed by atoms with Gasteiger partial charge in [0.25, 0.3) is 11.6 Å². The summed E-state index contributed by atoms with van der Waals surface area (Å²) in [4.78, 5) is 24.7. The van der Waals surface area contributed by atoms with E-state index in [4.69, 9.17) is 23.8 Å². The maximum absolute atomic E-state index is 12.6. The number of rotatable bonds is 3. The van der Waals surface area contributed by atoms with E-state index in [1.807, 2.05) is 0 Å². The molecule has 1 heterocycles. The van der Waals surface area contributed by atoms with Crippen molar-refractivity contribution in [3.05, 3.63) is 74.1 Å². The normalized spacial score (nSPS) is 16.0. The molecule has 0 radical (unpaired) electrons. The average Bonchev–Trinajstić information content (AvgIpc) is 2.83. The van der Waals surface area contributed by atoms with Crippen LogP contribution in [-0.4, -0.2) is 15.2 Å². The SMILES string of the molecule is O=C1/C(=C/c2ccc(Cl)cc2)SC(=S)N1c1ccc([N+](=O)[O-])cc1. The van der Waals surface area contributed by atoms with E-state index in [1.54, 1.807) is 30.3 Å². The van der Waals surface area contributed by atoms with Crippen molar-refractivity contribution >= 4 is 63.3 Å². The molecule has 0 unspecified atom stereocenters. The highest BCUT2D eigenvalue weighted by molar-refractivity contribution is 8.27. The molecule has 1 saturated heterocycles. The fourth-order valence-electron chi connectivity index (χ4n) is 2.12. The summed E-state index contributed by atoms with van der Waals surface area (Å²) in [6.07, 6.45) is 1.74. The Morgan fingerprint density at radius 2 is 1.75 bits per heavy atom. The Kier molecular flexibility index (Phi) is 4.66. The van der Waals surface area contributed by atoms with E-state index in [9.17, 15) is 14.9 Å².